The van der Waals surface area contributed by atoms with Gasteiger partial charge in [0.15, 0.2) is 0 Å². The number of halogens is 3. The van der Waals surface area contributed by atoms with Crippen LogP contribution in [-0.4, -0.2) is 29.1 Å². The molecule has 0 aromatic carbocycles. The molecule has 2 rings (SSSR count). The lowest BCUT2D eigenvalue weighted by atomic mass is 10.2. The highest BCUT2D eigenvalue weighted by Gasteiger charge is 2.29. The number of hydrogen-bond donors (Lipinski definition) is 0. The Morgan fingerprint density at radius 3 is 2.40 bits per heavy atom. The van der Waals surface area contributed by atoms with Crippen LogP contribution in [-0.2, 0) is 6.42 Å². The Bertz CT molecular complexity index is 854. The van der Waals surface area contributed by atoms with Gasteiger partial charge in [0.25, 0.3) is 0 Å². The average Bonchev–Trinajstić information content (AvgIpc) is 3.29. The largest absolute Gasteiger partial charge is 0.415 e. The maximum atomic E-state index is 12.6. The predicted molar refractivity (Wildman–Crippen MR) is 123 cm³/mol. The van der Waals surface area contributed by atoms with Crippen molar-refractivity contribution in [3.8, 4) is 0 Å². The third-order valence-corrected chi connectivity index (χ3v) is 5.91. The zero-order valence-corrected chi connectivity index (χ0v) is 19.1. The molecule has 6 heteroatoms. The van der Waals surface area contributed by atoms with Crippen LogP contribution in [0.3, 0.4) is 0 Å². The summed E-state index contributed by atoms with van der Waals surface area (Å²) in [6, 6.07) is 0. The van der Waals surface area contributed by atoms with Crippen LogP contribution in [0.25, 0.3) is 5.57 Å². The maximum Gasteiger partial charge on any atom is 0.415 e. The van der Waals surface area contributed by atoms with Crippen LogP contribution in [0.1, 0.15) is 42.8 Å². The summed E-state index contributed by atoms with van der Waals surface area (Å²) in [4.78, 5) is 7.98. The van der Waals surface area contributed by atoms with Crippen LogP contribution in [0.2, 0.25) is 0 Å². The molecular formula is C24H31F3N2S. The Balaban J connectivity index is 0.00000218. The molecule has 0 radical (unpaired) electrons. The Labute approximate surface area is 182 Å². The second-order valence-corrected chi connectivity index (χ2v) is 7.52. The topological polar surface area (TPSA) is 16.1 Å². The van der Waals surface area contributed by atoms with Crippen molar-refractivity contribution < 1.29 is 13.2 Å². The van der Waals surface area contributed by atoms with E-state index in [4.69, 9.17) is 0 Å². The highest BCUT2D eigenvalue weighted by atomic mass is 32.1. The predicted octanol–water partition coefficient (Wildman–Crippen LogP) is 7.43. The average molecular weight is 437 g/mol. The number of hydrogen-bond acceptors (Lipinski definition) is 3. The first kappa shape index (κ1) is 25.7. The van der Waals surface area contributed by atoms with Gasteiger partial charge in [-0.05, 0) is 38.0 Å². The normalized spacial score (nSPS) is 14.8. The standard InChI is InChI=1S/C22H25F3N2S.C2H6/c1-6-17-11-13-27(19(17)8-3)14-12-20-16(5)26-21(28-20)18(7-2)10-9-15(4)22(23,24)25;1-2/h6-10H,1,3-4,11-14H2,2,5H3;1-2H3/b10-9-,18-7+;. The van der Waals surface area contributed by atoms with Crippen molar-refractivity contribution >= 4 is 16.9 Å². The lowest BCUT2D eigenvalue weighted by molar-refractivity contribution is -0.0878. The van der Waals surface area contributed by atoms with Gasteiger partial charge in [-0.1, -0.05) is 51.8 Å². The Morgan fingerprint density at radius 1 is 1.20 bits per heavy atom. The van der Waals surface area contributed by atoms with Gasteiger partial charge >= 0.3 is 6.18 Å². The number of thiazole rings is 1. The van der Waals surface area contributed by atoms with Crippen molar-refractivity contribution in [1.29, 1.82) is 0 Å². The van der Waals surface area contributed by atoms with Gasteiger partial charge in [-0.3, -0.25) is 0 Å². The van der Waals surface area contributed by atoms with Crippen molar-refractivity contribution in [1.82, 2.24) is 9.88 Å². The van der Waals surface area contributed by atoms with Crippen LogP contribution >= 0.6 is 11.3 Å². The van der Waals surface area contributed by atoms with Crippen LogP contribution in [0.15, 0.2) is 67.0 Å². The van der Waals surface area contributed by atoms with E-state index < -0.39 is 11.7 Å². The summed E-state index contributed by atoms with van der Waals surface area (Å²) in [5.41, 5.74) is 3.03. The van der Waals surface area contributed by atoms with E-state index in [9.17, 15) is 13.2 Å². The van der Waals surface area contributed by atoms with Gasteiger partial charge in [0.1, 0.15) is 5.01 Å². The van der Waals surface area contributed by atoms with Crippen molar-refractivity contribution in [2.75, 3.05) is 13.1 Å². The highest BCUT2D eigenvalue weighted by Crippen LogP contribution is 2.30. The zero-order chi connectivity index (χ0) is 22.9. The molecule has 0 atom stereocenters. The fraction of sp³-hybridized carbons (Fsp3) is 0.375. The molecule has 0 unspecified atom stereocenters. The molecule has 164 valence electrons. The van der Waals surface area contributed by atoms with Gasteiger partial charge < -0.3 is 4.90 Å². The van der Waals surface area contributed by atoms with Crippen molar-refractivity contribution in [2.24, 2.45) is 0 Å². The van der Waals surface area contributed by atoms with Gasteiger partial charge in [0.05, 0.1) is 5.69 Å². The van der Waals surface area contributed by atoms with E-state index in [1.54, 1.807) is 13.0 Å². The molecule has 1 aliphatic heterocycles. The van der Waals surface area contributed by atoms with Gasteiger partial charge in [0.2, 0.25) is 0 Å². The van der Waals surface area contributed by atoms with Crippen molar-refractivity contribution in [3.05, 3.63) is 82.5 Å². The Hall–Kier alpha value is -2.34. The first-order valence-corrected chi connectivity index (χ1v) is 10.8. The summed E-state index contributed by atoms with van der Waals surface area (Å²) in [5, 5.41) is 0.717. The third kappa shape index (κ3) is 6.59. The molecule has 1 aromatic heterocycles. The summed E-state index contributed by atoms with van der Waals surface area (Å²) in [5.74, 6) is 0. The molecule has 0 aliphatic carbocycles. The molecule has 30 heavy (non-hydrogen) atoms. The number of alkyl halides is 3. The van der Waals surface area contributed by atoms with Gasteiger partial charge in [-0.15, -0.1) is 11.3 Å². The van der Waals surface area contributed by atoms with Gasteiger partial charge in [0, 0.05) is 41.2 Å². The van der Waals surface area contributed by atoms with E-state index in [0.717, 1.165) is 48.3 Å². The molecule has 1 aromatic rings. The minimum absolute atomic E-state index is 0.659. The number of nitrogens with zero attached hydrogens (tertiary/aromatic N) is 2. The maximum absolute atomic E-state index is 12.6. The fourth-order valence-electron chi connectivity index (χ4n) is 3.00. The minimum atomic E-state index is -4.42. The smallest absolute Gasteiger partial charge is 0.371 e. The van der Waals surface area contributed by atoms with E-state index in [2.05, 4.69) is 29.6 Å². The molecule has 1 aliphatic rings. The molecule has 0 fully saturated rings. The van der Waals surface area contributed by atoms with Crippen molar-refractivity contribution in [3.63, 3.8) is 0 Å². The van der Waals surface area contributed by atoms with E-state index >= 15 is 0 Å². The number of aromatic nitrogens is 1. The number of rotatable bonds is 8. The first-order valence-electron chi connectivity index (χ1n) is 10.0. The van der Waals surface area contributed by atoms with E-state index in [-0.39, 0.29) is 0 Å². The Morgan fingerprint density at radius 2 is 1.87 bits per heavy atom. The van der Waals surface area contributed by atoms with E-state index in [1.165, 1.54) is 23.0 Å². The fourth-order valence-corrected chi connectivity index (χ4v) is 4.11. The number of aryl methyl sites for hydroxylation is 1. The minimum Gasteiger partial charge on any atom is -0.371 e. The SMILES string of the molecule is C=CC1=C(C=C)N(CCc2sc(C(/C=C\C(=C)C(F)(F)F)=C/C)nc2C)CC1.CC. The summed E-state index contributed by atoms with van der Waals surface area (Å²) in [7, 11) is 0. The molecule has 0 N–H and O–H groups in total. The second kappa shape index (κ2) is 11.7. The lowest BCUT2D eigenvalue weighted by Crippen LogP contribution is -2.21. The lowest BCUT2D eigenvalue weighted by Gasteiger charge is -2.20. The summed E-state index contributed by atoms with van der Waals surface area (Å²) in [6.45, 7) is 20.3. The van der Waals surface area contributed by atoms with Crippen molar-refractivity contribution in [2.45, 2.75) is 46.7 Å². The Kier molecular flexibility index (Phi) is 10.1. The molecule has 2 heterocycles. The summed E-state index contributed by atoms with van der Waals surface area (Å²) >= 11 is 1.52. The molecule has 0 saturated heterocycles. The first-order chi connectivity index (χ1) is 14.2. The summed E-state index contributed by atoms with van der Waals surface area (Å²) < 4.78 is 37.9. The van der Waals surface area contributed by atoms with Crippen LogP contribution < -0.4 is 0 Å². The molecule has 0 spiro atoms. The van der Waals surface area contributed by atoms with Gasteiger partial charge in [-0.2, -0.15) is 13.2 Å². The van der Waals surface area contributed by atoms with Crippen LogP contribution in [0.4, 0.5) is 13.2 Å². The quantitative estimate of drug-likeness (QED) is 0.394. The second-order valence-electron chi connectivity index (χ2n) is 6.43. The van der Waals surface area contributed by atoms with Crippen LogP contribution in [0.5, 0.6) is 0 Å². The molecule has 0 bridgehead atoms. The third-order valence-electron chi connectivity index (χ3n) is 4.65. The number of allylic oxidation sites excluding steroid dienone is 7. The molecular weight excluding hydrogens is 405 g/mol. The zero-order valence-electron chi connectivity index (χ0n) is 18.3. The molecule has 0 saturated carbocycles. The molecule has 2 nitrogen and oxygen atoms in total. The highest BCUT2D eigenvalue weighted by molar-refractivity contribution is 7.12. The molecule has 0 amide bonds. The van der Waals surface area contributed by atoms with Gasteiger partial charge in [-0.25, -0.2) is 4.98 Å². The van der Waals surface area contributed by atoms with Crippen LogP contribution in [0, 0.1) is 6.92 Å². The van der Waals surface area contributed by atoms with E-state index in [1.807, 2.05) is 32.9 Å². The summed E-state index contributed by atoms with van der Waals surface area (Å²) in [6.07, 6.45) is 5.29. The monoisotopic (exact) mass is 436 g/mol. The van der Waals surface area contributed by atoms with E-state index in [0.29, 0.717) is 10.6 Å².